The molecular weight excluding hydrogens is 504 g/mol. The molecular formula is C18H24F3IN4OS. The lowest BCUT2D eigenvalue weighted by atomic mass is 10.1. The van der Waals surface area contributed by atoms with Gasteiger partial charge in [0.1, 0.15) is 6.61 Å². The molecule has 0 radical (unpaired) electrons. The van der Waals surface area contributed by atoms with E-state index in [4.69, 9.17) is 0 Å². The molecule has 0 atom stereocenters. The van der Waals surface area contributed by atoms with Crippen LogP contribution in [-0.4, -0.2) is 37.3 Å². The van der Waals surface area contributed by atoms with Gasteiger partial charge in [0.25, 0.3) is 0 Å². The monoisotopic (exact) mass is 528 g/mol. The Labute approximate surface area is 183 Å². The molecule has 1 heterocycles. The molecule has 2 N–H and O–H groups in total. The van der Waals surface area contributed by atoms with Gasteiger partial charge in [-0.3, -0.25) is 4.99 Å². The van der Waals surface area contributed by atoms with E-state index in [9.17, 15) is 13.2 Å². The van der Waals surface area contributed by atoms with Crippen LogP contribution in [0, 0.1) is 6.92 Å². The van der Waals surface area contributed by atoms with Gasteiger partial charge in [-0.05, 0) is 18.1 Å². The van der Waals surface area contributed by atoms with Gasteiger partial charge in [-0.1, -0.05) is 24.3 Å². The van der Waals surface area contributed by atoms with Gasteiger partial charge in [0, 0.05) is 31.9 Å². The van der Waals surface area contributed by atoms with E-state index in [2.05, 4.69) is 25.3 Å². The number of guanidine groups is 1. The molecule has 0 aliphatic carbocycles. The van der Waals surface area contributed by atoms with Crippen molar-refractivity contribution >= 4 is 41.3 Å². The molecule has 2 aromatic rings. The van der Waals surface area contributed by atoms with Crippen LogP contribution in [0.5, 0.6) is 0 Å². The van der Waals surface area contributed by atoms with Crippen molar-refractivity contribution in [1.82, 2.24) is 15.6 Å². The third kappa shape index (κ3) is 9.69. The minimum Gasteiger partial charge on any atom is -0.367 e. The van der Waals surface area contributed by atoms with E-state index in [-0.39, 0.29) is 30.6 Å². The second kappa shape index (κ2) is 12.2. The Bertz CT molecular complexity index is 735. The highest BCUT2D eigenvalue weighted by molar-refractivity contribution is 14.0. The lowest BCUT2D eigenvalue weighted by molar-refractivity contribution is -0.176. The number of hydrogen-bond donors (Lipinski definition) is 2. The van der Waals surface area contributed by atoms with Crippen LogP contribution in [0.15, 0.2) is 34.6 Å². The predicted molar refractivity (Wildman–Crippen MR) is 116 cm³/mol. The molecule has 0 aliphatic heterocycles. The number of aliphatic imine (C=N–C) groups is 1. The number of nitrogens with zero attached hydrogens (tertiary/aromatic N) is 2. The average Bonchev–Trinajstić information content (AvgIpc) is 3.03. The quantitative estimate of drug-likeness (QED) is 0.309. The van der Waals surface area contributed by atoms with E-state index in [1.165, 1.54) is 0 Å². The molecule has 0 unspecified atom stereocenters. The number of aryl methyl sites for hydroxylation is 1. The molecule has 0 aliphatic rings. The van der Waals surface area contributed by atoms with Crippen LogP contribution in [0.3, 0.4) is 0 Å². The first-order chi connectivity index (χ1) is 12.9. The molecule has 0 fully saturated rings. The average molecular weight is 528 g/mol. The van der Waals surface area contributed by atoms with E-state index in [0.29, 0.717) is 18.1 Å². The number of ether oxygens (including phenoxy) is 1. The van der Waals surface area contributed by atoms with Gasteiger partial charge in [-0.15, -0.1) is 35.3 Å². The minimum atomic E-state index is -4.30. The maximum Gasteiger partial charge on any atom is 0.411 e. The van der Waals surface area contributed by atoms with Gasteiger partial charge in [0.05, 0.1) is 17.3 Å². The zero-order chi connectivity index (χ0) is 19.7. The highest BCUT2D eigenvalue weighted by Crippen LogP contribution is 2.15. The van der Waals surface area contributed by atoms with Gasteiger partial charge in [0.2, 0.25) is 0 Å². The van der Waals surface area contributed by atoms with E-state index in [0.717, 1.165) is 29.2 Å². The number of thiazole rings is 1. The molecule has 1 aromatic heterocycles. The van der Waals surface area contributed by atoms with Crippen LogP contribution in [-0.2, 0) is 24.3 Å². The van der Waals surface area contributed by atoms with Gasteiger partial charge >= 0.3 is 6.18 Å². The first-order valence-corrected chi connectivity index (χ1v) is 9.31. The number of alkyl halides is 3. The first-order valence-electron chi connectivity index (χ1n) is 8.43. The summed E-state index contributed by atoms with van der Waals surface area (Å²) in [6.07, 6.45) is -3.48. The summed E-state index contributed by atoms with van der Waals surface area (Å²) in [6, 6.07) is 7.22. The van der Waals surface area contributed by atoms with Crippen molar-refractivity contribution in [2.24, 2.45) is 4.99 Å². The molecule has 0 saturated heterocycles. The van der Waals surface area contributed by atoms with Crippen molar-refractivity contribution in [3.8, 4) is 0 Å². The molecule has 0 bridgehead atoms. The second-order valence-electron chi connectivity index (χ2n) is 5.88. The van der Waals surface area contributed by atoms with E-state index in [1.807, 2.05) is 24.4 Å². The Morgan fingerprint density at radius 1 is 1.18 bits per heavy atom. The van der Waals surface area contributed by atoms with Crippen LogP contribution in [0.4, 0.5) is 13.2 Å². The summed E-state index contributed by atoms with van der Waals surface area (Å²) >= 11 is 1.63. The summed E-state index contributed by atoms with van der Waals surface area (Å²) in [5.41, 5.74) is 2.75. The summed E-state index contributed by atoms with van der Waals surface area (Å²) in [4.78, 5) is 8.59. The van der Waals surface area contributed by atoms with Crippen molar-refractivity contribution in [3.63, 3.8) is 0 Å². The SMILES string of the molecule is CN=C(NCCc1csc(C)n1)NCc1ccc(COCC(F)(F)F)cc1.I. The number of benzene rings is 1. The number of nitrogens with one attached hydrogen (secondary N) is 2. The van der Waals surface area contributed by atoms with E-state index >= 15 is 0 Å². The Morgan fingerprint density at radius 3 is 2.43 bits per heavy atom. The summed E-state index contributed by atoms with van der Waals surface area (Å²) in [7, 11) is 1.70. The fourth-order valence-corrected chi connectivity index (χ4v) is 2.92. The van der Waals surface area contributed by atoms with Crippen LogP contribution >= 0.6 is 35.3 Å². The number of aromatic nitrogens is 1. The second-order valence-corrected chi connectivity index (χ2v) is 6.95. The first kappa shape index (κ1) is 24.6. The zero-order valence-corrected chi connectivity index (χ0v) is 18.8. The fraction of sp³-hybridized carbons (Fsp3) is 0.444. The summed E-state index contributed by atoms with van der Waals surface area (Å²) in [5, 5.41) is 9.53. The largest absolute Gasteiger partial charge is 0.411 e. The van der Waals surface area contributed by atoms with Crippen molar-refractivity contribution < 1.29 is 17.9 Å². The molecule has 0 amide bonds. The van der Waals surface area contributed by atoms with Crippen LogP contribution in [0.2, 0.25) is 0 Å². The van der Waals surface area contributed by atoms with Crippen molar-refractivity contribution in [2.75, 3.05) is 20.2 Å². The van der Waals surface area contributed by atoms with Crippen molar-refractivity contribution in [3.05, 3.63) is 51.5 Å². The summed E-state index contributed by atoms with van der Waals surface area (Å²) in [6.45, 7) is 1.96. The normalized spacial score (nSPS) is 11.8. The Balaban J connectivity index is 0.00000392. The predicted octanol–water partition coefficient (Wildman–Crippen LogP) is 4.06. The third-order valence-corrected chi connectivity index (χ3v) is 4.40. The maximum atomic E-state index is 12.1. The van der Waals surface area contributed by atoms with E-state index in [1.54, 1.807) is 30.5 Å². The molecule has 10 heteroatoms. The maximum absolute atomic E-state index is 12.1. The van der Waals surface area contributed by atoms with Crippen molar-refractivity contribution in [1.29, 1.82) is 0 Å². The van der Waals surface area contributed by atoms with Gasteiger partial charge in [0.15, 0.2) is 5.96 Å². The Morgan fingerprint density at radius 2 is 1.86 bits per heavy atom. The molecule has 156 valence electrons. The number of halogens is 4. The lowest BCUT2D eigenvalue weighted by Gasteiger charge is -2.12. The summed E-state index contributed by atoms with van der Waals surface area (Å²) in [5.74, 6) is 0.680. The zero-order valence-electron chi connectivity index (χ0n) is 15.7. The number of hydrogen-bond acceptors (Lipinski definition) is 4. The van der Waals surface area contributed by atoms with Crippen LogP contribution < -0.4 is 10.6 Å². The van der Waals surface area contributed by atoms with Gasteiger partial charge < -0.3 is 15.4 Å². The Hall–Kier alpha value is -1.40. The molecule has 28 heavy (non-hydrogen) atoms. The molecule has 0 saturated carbocycles. The number of rotatable bonds is 8. The smallest absolute Gasteiger partial charge is 0.367 e. The summed E-state index contributed by atoms with van der Waals surface area (Å²) < 4.78 is 40.8. The fourth-order valence-electron chi connectivity index (χ4n) is 2.28. The molecule has 1 aromatic carbocycles. The molecule has 5 nitrogen and oxygen atoms in total. The highest BCUT2D eigenvalue weighted by atomic mass is 127. The van der Waals surface area contributed by atoms with Crippen molar-refractivity contribution in [2.45, 2.75) is 32.7 Å². The van der Waals surface area contributed by atoms with Crippen LogP contribution in [0.25, 0.3) is 0 Å². The standard InChI is InChI=1S/C18H23F3N4OS.HI/c1-13-25-16(11-27-13)7-8-23-17(22-2)24-9-14-3-5-15(6-4-14)10-26-12-18(19,20)21;/h3-6,11H,7-10,12H2,1-2H3,(H2,22,23,24);1H. The highest BCUT2D eigenvalue weighted by Gasteiger charge is 2.27. The Kier molecular flexibility index (Phi) is 10.8. The minimum absolute atomic E-state index is 0. The third-order valence-electron chi connectivity index (χ3n) is 3.58. The van der Waals surface area contributed by atoms with Gasteiger partial charge in [-0.2, -0.15) is 13.2 Å². The molecule has 2 rings (SSSR count). The van der Waals surface area contributed by atoms with Gasteiger partial charge in [-0.25, -0.2) is 4.98 Å². The van der Waals surface area contributed by atoms with E-state index < -0.39 is 12.8 Å². The topological polar surface area (TPSA) is 58.5 Å². The molecule has 0 spiro atoms. The lowest BCUT2D eigenvalue weighted by Crippen LogP contribution is -2.37. The van der Waals surface area contributed by atoms with Crippen LogP contribution in [0.1, 0.15) is 21.8 Å².